The highest BCUT2D eigenvalue weighted by atomic mass is 32.2. The van der Waals surface area contributed by atoms with E-state index >= 15 is 0 Å². The molecule has 0 amide bonds. The maximum Gasteiger partial charge on any atom is 0.261 e. The van der Waals surface area contributed by atoms with Crippen LogP contribution < -0.4 is 4.72 Å². The third-order valence-electron chi connectivity index (χ3n) is 4.80. The fourth-order valence-electron chi connectivity index (χ4n) is 3.25. The number of benzene rings is 3. The van der Waals surface area contributed by atoms with Gasteiger partial charge in [0, 0.05) is 29.0 Å². The van der Waals surface area contributed by atoms with Crippen molar-refractivity contribution >= 4 is 32.0 Å². The molecule has 5 rings (SSSR count). The van der Waals surface area contributed by atoms with Gasteiger partial charge in [-0.25, -0.2) is 13.4 Å². The highest BCUT2D eigenvalue weighted by Gasteiger charge is 2.14. The van der Waals surface area contributed by atoms with Gasteiger partial charge < -0.3 is 0 Å². The Morgan fingerprint density at radius 3 is 2.17 bits per heavy atom. The van der Waals surface area contributed by atoms with Gasteiger partial charge in [0.1, 0.15) is 0 Å². The number of hydrogen-bond donors (Lipinski definition) is 1. The standard InChI is InChI=1S/C23H17N3O2S2/c27-30(28,21-12-8-18(9-13-21)17-4-2-1-3-5-17)25-20-10-6-19(7-11-20)22-16-26-14-15-29-23(26)24-22/h1-16,25H. The summed E-state index contributed by atoms with van der Waals surface area (Å²) >= 11 is 1.57. The Morgan fingerprint density at radius 2 is 1.47 bits per heavy atom. The van der Waals surface area contributed by atoms with Gasteiger partial charge in [-0.15, -0.1) is 11.3 Å². The van der Waals surface area contributed by atoms with Crippen LogP contribution in [0, 0.1) is 0 Å². The first kappa shape index (κ1) is 18.6. The van der Waals surface area contributed by atoms with Crippen molar-refractivity contribution in [1.82, 2.24) is 9.38 Å². The Bertz CT molecular complexity index is 1370. The first-order valence-corrected chi connectivity index (χ1v) is 11.7. The van der Waals surface area contributed by atoms with Crippen LogP contribution in [-0.2, 0) is 10.0 Å². The summed E-state index contributed by atoms with van der Waals surface area (Å²) in [5.41, 5.74) is 4.31. The topological polar surface area (TPSA) is 63.5 Å². The average molecular weight is 432 g/mol. The molecule has 0 unspecified atom stereocenters. The fraction of sp³-hybridized carbons (Fsp3) is 0. The third-order valence-corrected chi connectivity index (χ3v) is 6.97. The molecule has 0 aliphatic rings. The zero-order valence-corrected chi connectivity index (χ0v) is 17.4. The summed E-state index contributed by atoms with van der Waals surface area (Å²) in [7, 11) is -3.67. The lowest BCUT2D eigenvalue weighted by Gasteiger charge is -2.09. The van der Waals surface area contributed by atoms with Crippen LogP contribution in [0.1, 0.15) is 0 Å². The van der Waals surface area contributed by atoms with Crippen LogP contribution in [0.5, 0.6) is 0 Å². The molecule has 2 heterocycles. The van der Waals surface area contributed by atoms with E-state index in [-0.39, 0.29) is 4.90 Å². The predicted octanol–water partition coefficient (Wildman–Crippen LogP) is 5.53. The Labute approximate surface area is 178 Å². The summed E-state index contributed by atoms with van der Waals surface area (Å²) in [6, 6.07) is 24.0. The van der Waals surface area contributed by atoms with Gasteiger partial charge in [-0.2, -0.15) is 0 Å². The van der Waals surface area contributed by atoms with E-state index < -0.39 is 10.0 Å². The number of nitrogens with one attached hydrogen (secondary N) is 1. The molecule has 0 aliphatic heterocycles. The van der Waals surface area contributed by atoms with E-state index in [1.165, 1.54) is 0 Å². The largest absolute Gasteiger partial charge is 0.297 e. The van der Waals surface area contributed by atoms with E-state index in [0.717, 1.165) is 27.3 Å². The third kappa shape index (κ3) is 3.60. The Hall–Kier alpha value is -3.42. The van der Waals surface area contributed by atoms with Crippen LogP contribution in [0.4, 0.5) is 5.69 Å². The quantitative estimate of drug-likeness (QED) is 0.398. The number of aromatic nitrogens is 2. The first-order chi connectivity index (χ1) is 14.6. The SMILES string of the molecule is O=S(=O)(Nc1ccc(-c2cn3ccsc3n2)cc1)c1ccc(-c2ccccc2)cc1. The molecule has 7 heteroatoms. The maximum atomic E-state index is 12.8. The van der Waals surface area contributed by atoms with Gasteiger partial charge in [0.15, 0.2) is 4.96 Å². The molecule has 0 bridgehead atoms. The van der Waals surface area contributed by atoms with Gasteiger partial charge >= 0.3 is 0 Å². The number of imidazole rings is 1. The van der Waals surface area contributed by atoms with Crippen LogP contribution >= 0.6 is 11.3 Å². The van der Waals surface area contributed by atoms with Gasteiger partial charge in [0.2, 0.25) is 0 Å². The normalized spacial score (nSPS) is 11.6. The summed E-state index contributed by atoms with van der Waals surface area (Å²) < 4.78 is 30.1. The van der Waals surface area contributed by atoms with Crippen molar-refractivity contribution in [3.05, 3.63) is 96.6 Å². The molecule has 30 heavy (non-hydrogen) atoms. The molecule has 0 radical (unpaired) electrons. The molecular formula is C23H17N3O2S2. The second-order valence-electron chi connectivity index (χ2n) is 6.79. The molecule has 0 saturated carbocycles. The number of anilines is 1. The summed E-state index contributed by atoms with van der Waals surface area (Å²) in [6.07, 6.45) is 3.92. The van der Waals surface area contributed by atoms with Crippen molar-refractivity contribution in [2.75, 3.05) is 4.72 Å². The smallest absolute Gasteiger partial charge is 0.261 e. The van der Waals surface area contributed by atoms with E-state index in [0.29, 0.717) is 5.69 Å². The predicted molar refractivity (Wildman–Crippen MR) is 121 cm³/mol. The number of nitrogens with zero attached hydrogens (tertiary/aromatic N) is 2. The minimum atomic E-state index is -3.67. The van der Waals surface area contributed by atoms with Gasteiger partial charge in [0.25, 0.3) is 10.0 Å². The molecule has 1 N–H and O–H groups in total. The average Bonchev–Trinajstić information content (AvgIpc) is 3.37. The van der Waals surface area contributed by atoms with Crippen molar-refractivity contribution in [3.63, 3.8) is 0 Å². The summed E-state index contributed by atoms with van der Waals surface area (Å²) in [5.74, 6) is 0. The summed E-state index contributed by atoms with van der Waals surface area (Å²) in [6.45, 7) is 0. The first-order valence-electron chi connectivity index (χ1n) is 9.29. The number of fused-ring (bicyclic) bond motifs is 1. The van der Waals surface area contributed by atoms with Crippen LogP contribution in [0.25, 0.3) is 27.3 Å². The second-order valence-corrected chi connectivity index (χ2v) is 9.35. The van der Waals surface area contributed by atoms with Crippen LogP contribution in [-0.4, -0.2) is 17.8 Å². The highest BCUT2D eigenvalue weighted by molar-refractivity contribution is 7.92. The summed E-state index contributed by atoms with van der Waals surface area (Å²) in [5, 5.41) is 1.98. The van der Waals surface area contributed by atoms with Crippen molar-refractivity contribution in [1.29, 1.82) is 0 Å². The molecule has 0 spiro atoms. The van der Waals surface area contributed by atoms with Gasteiger partial charge in [-0.1, -0.05) is 54.6 Å². The molecular weight excluding hydrogens is 414 g/mol. The van der Waals surface area contributed by atoms with Crippen molar-refractivity contribution in [2.45, 2.75) is 4.90 Å². The minimum Gasteiger partial charge on any atom is -0.297 e. The van der Waals surface area contributed by atoms with Crippen molar-refractivity contribution in [2.24, 2.45) is 0 Å². The Kier molecular flexibility index (Phi) is 4.61. The Morgan fingerprint density at radius 1 is 0.800 bits per heavy atom. The number of sulfonamides is 1. The lowest BCUT2D eigenvalue weighted by atomic mass is 10.1. The minimum absolute atomic E-state index is 0.223. The monoisotopic (exact) mass is 431 g/mol. The van der Waals surface area contributed by atoms with Gasteiger partial charge in [-0.3, -0.25) is 9.12 Å². The molecule has 0 fully saturated rings. The number of rotatable bonds is 5. The molecule has 148 valence electrons. The van der Waals surface area contributed by atoms with E-state index in [1.54, 1.807) is 35.6 Å². The highest BCUT2D eigenvalue weighted by Crippen LogP contribution is 2.25. The van der Waals surface area contributed by atoms with Crippen molar-refractivity contribution in [3.8, 4) is 22.4 Å². The Balaban J connectivity index is 1.35. The number of hydrogen-bond acceptors (Lipinski definition) is 4. The van der Waals surface area contributed by atoms with Gasteiger partial charge in [0.05, 0.1) is 10.6 Å². The zero-order chi connectivity index (χ0) is 20.6. The van der Waals surface area contributed by atoms with E-state index in [4.69, 9.17) is 0 Å². The molecule has 5 aromatic rings. The van der Waals surface area contributed by atoms with E-state index in [1.807, 2.05) is 76.8 Å². The molecule has 0 aliphatic carbocycles. The molecule has 5 nitrogen and oxygen atoms in total. The summed E-state index contributed by atoms with van der Waals surface area (Å²) in [4.78, 5) is 5.72. The molecule has 0 saturated heterocycles. The molecule has 0 atom stereocenters. The van der Waals surface area contributed by atoms with Crippen LogP contribution in [0.2, 0.25) is 0 Å². The van der Waals surface area contributed by atoms with Crippen LogP contribution in [0.15, 0.2) is 102 Å². The fourth-order valence-corrected chi connectivity index (χ4v) is 5.01. The van der Waals surface area contributed by atoms with Crippen LogP contribution in [0.3, 0.4) is 0 Å². The second kappa shape index (κ2) is 7.44. The molecule has 3 aromatic carbocycles. The van der Waals surface area contributed by atoms with Crippen molar-refractivity contribution < 1.29 is 8.42 Å². The van der Waals surface area contributed by atoms with E-state index in [2.05, 4.69) is 9.71 Å². The van der Waals surface area contributed by atoms with Gasteiger partial charge in [-0.05, 0) is 35.4 Å². The number of thiazole rings is 1. The lowest BCUT2D eigenvalue weighted by molar-refractivity contribution is 0.601. The maximum absolute atomic E-state index is 12.8. The lowest BCUT2D eigenvalue weighted by Crippen LogP contribution is -2.12. The zero-order valence-electron chi connectivity index (χ0n) is 15.8. The van der Waals surface area contributed by atoms with E-state index in [9.17, 15) is 8.42 Å². The molecule has 2 aromatic heterocycles.